The van der Waals surface area contributed by atoms with Crippen molar-refractivity contribution in [2.45, 2.75) is 38.8 Å². The Hall–Kier alpha value is -0.260. The van der Waals surface area contributed by atoms with Crippen LogP contribution in [0.1, 0.15) is 27.2 Å². The highest BCUT2D eigenvalue weighted by atomic mass is 32.2. The first-order valence-electron chi connectivity index (χ1n) is 6.47. The molecule has 0 aromatic carbocycles. The lowest BCUT2D eigenvalue weighted by atomic mass is 9.84. The molecule has 0 aromatic rings. The number of carbonyl (C=O) groups is 1. The summed E-state index contributed by atoms with van der Waals surface area (Å²) < 4.78 is 5.45. The van der Waals surface area contributed by atoms with E-state index in [2.05, 4.69) is 18.7 Å². The Kier molecular flexibility index (Phi) is 3.95. The highest BCUT2D eigenvalue weighted by molar-refractivity contribution is 7.99. The summed E-state index contributed by atoms with van der Waals surface area (Å²) in [6.45, 7) is 8.20. The second-order valence-corrected chi connectivity index (χ2v) is 7.60. The van der Waals surface area contributed by atoms with Gasteiger partial charge in [0.2, 0.25) is 0 Å². The summed E-state index contributed by atoms with van der Waals surface area (Å²) in [6, 6.07) is 0.625. The Labute approximate surface area is 113 Å². The molecule has 18 heavy (non-hydrogen) atoms. The van der Waals surface area contributed by atoms with Gasteiger partial charge in [-0.1, -0.05) is 13.8 Å². The number of ether oxygens (including phenoxy) is 1. The third-order valence-electron chi connectivity index (χ3n) is 3.73. The van der Waals surface area contributed by atoms with Crippen LogP contribution >= 0.6 is 11.8 Å². The molecule has 0 aromatic heterocycles. The number of nitrogens with zero attached hydrogens (tertiary/aromatic N) is 1. The molecule has 5 heteroatoms. The van der Waals surface area contributed by atoms with Gasteiger partial charge in [0.1, 0.15) is 6.61 Å². The summed E-state index contributed by atoms with van der Waals surface area (Å²) in [5.41, 5.74) is 0.159. The summed E-state index contributed by atoms with van der Waals surface area (Å²) in [7, 11) is 0. The van der Waals surface area contributed by atoms with Crippen LogP contribution in [0.4, 0.5) is 0 Å². The zero-order valence-corrected chi connectivity index (χ0v) is 12.3. The summed E-state index contributed by atoms with van der Waals surface area (Å²) >= 11 is 2.03. The SMILES string of the molecule is CC1(C)CSCC(N2CC(C)(OCC(=O)O)C2)C1. The lowest BCUT2D eigenvalue weighted by Crippen LogP contribution is -2.66. The van der Waals surface area contributed by atoms with E-state index in [1.807, 2.05) is 18.7 Å². The highest BCUT2D eigenvalue weighted by Gasteiger charge is 2.45. The molecule has 0 saturated carbocycles. The van der Waals surface area contributed by atoms with Gasteiger partial charge in [-0.05, 0) is 24.5 Å². The summed E-state index contributed by atoms with van der Waals surface area (Å²) in [4.78, 5) is 13.0. The Balaban J connectivity index is 1.79. The van der Waals surface area contributed by atoms with E-state index in [4.69, 9.17) is 9.84 Å². The van der Waals surface area contributed by atoms with Crippen LogP contribution in [0.2, 0.25) is 0 Å². The number of hydrogen-bond donors (Lipinski definition) is 1. The van der Waals surface area contributed by atoms with E-state index in [1.165, 1.54) is 17.9 Å². The summed E-state index contributed by atoms with van der Waals surface area (Å²) in [5, 5.41) is 8.64. The quantitative estimate of drug-likeness (QED) is 0.845. The van der Waals surface area contributed by atoms with Crippen molar-refractivity contribution in [2.24, 2.45) is 5.41 Å². The fourth-order valence-electron chi connectivity index (χ4n) is 2.86. The third-order valence-corrected chi connectivity index (χ3v) is 5.33. The zero-order chi connectivity index (χ0) is 13.4. The molecule has 1 N–H and O–H groups in total. The maximum absolute atomic E-state index is 10.5. The molecule has 0 bridgehead atoms. The van der Waals surface area contributed by atoms with Crippen LogP contribution in [0.5, 0.6) is 0 Å². The average Bonchev–Trinajstić information content (AvgIpc) is 2.21. The van der Waals surface area contributed by atoms with Gasteiger partial charge < -0.3 is 9.84 Å². The van der Waals surface area contributed by atoms with Crippen molar-refractivity contribution in [2.75, 3.05) is 31.2 Å². The molecule has 2 aliphatic heterocycles. The molecular formula is C13H23NO3S. The predicted molar refractivity (Wildman–Crippen MR) is 73.1 cm³/mol. The van der Waals surface area contributed by atoms with Crippen LogP contribution in [-0.4, -0.2) is 58.8 Å². The maximum Gasteiger partial charge on any atom is 0.329 e. The van der Waals surface area contributed by atoms with Gasteiger partial charge in [0.15, 0.2) is 0 Å². The van der Waals surface area contributed by atoms with Crippen LogP contribution in [0.15, 0.2) is 0 Å². The zero-order valence-electron chi connectivity index (χ0n) is 11.4. The number of aliphatic carboxylic acids is 1. The fourth-order valence-corrected chi connectivity index (χ4v) is 4.25. The average molecular weight is 273 g/mol. The molecule has 2 aliphatic rings. The molecule has 0 spiro atoms. The number of rotatable bonds is 4. The first-order valence-corrected chi connectivity index (χ1v) is 7.63. The third kappa shape index (κ3) is 3.39. The largest absolute Gasteiger partial charge is 0.480 e. The molecule has 2 rings (SSSR count). The Morgan fingerprint density at radius 2 is 2.11 bits per heavy atom. The Bertz CT molecular complexity index is 326. The molecule has 2 saturated heterocycles. The highest BCUT2D eigenvalue weighted by Crippen LogP contribution is 2.39. The van der Waals surface area contributed by atoms with Gasteiger partial charge in [-0.25, -0.2) is 4.79 Å². The van der Waals surface area contributed by atoms with Crippen molar-refractivity contribution in [3.8, 4) is 0 Å². The molecule has 2 fully saturated rings. The van der Waals surface area contributed by atoms with E-state index in [-0.39, 0.29) is 12.2 Å². The van der Waals surface area contributed by atoms with Gasteiger partial charge in [-0.15, -0.1) is 0 Å². The van der Waals surface area contributed by atoms with Crippen molar-refractivity contribution >= 4 is 17.7 Å². The minimum absolute atomic E-state index is 0.185. The molecule has 1 atom stereocenters. The monoisotopic (exact) mass is 273 g/mol. The van der Waals surface area contributed by atoms with Gasteiger partial charge in [0, 0.05) is 24.9 Å². The number of thioether (sulfide) groups is 1. The van der Waals surface area contributed by atoms with Gasteiger partial charge in [0.05, 0.1) is 5.60 Å². The van der Waals surface area contributed by atoms with Crippen LogP contribution in [0, 0.1) is 5.41 Å². The van der Waals surface area contributed by atoms with E-state index in [0.29, 0.717) is 11.5 Å². The van der Waals surface area contributed by atoms with E-state index in [0.717, 1.165) is 13.1 Å². The van der Waals surface area contributed by atoms with Gasteiger partial charge in [-0.2, -0.15) is 11.8 Å². The van der Waals surface area contributed by atoms with Gasteiger partial charge in [0.25, 0.3) is 0 Å². The first kappa shape index (κ1) is 14.2. The van der Waals surface area contributed by atoms with E-state index in [1.54, 1.807) is 0 Å². The number of carboxylic acids is 1. The minimum Gasteiger partial charge on any atom is -0.480 e. The predicted octanol–water partition coefficient (Wildman–Crippen LogP) is 1.69. The van der Waals surface area contributed by atoms with Crippen molar-refractivity contribution in [1.82, 2.24) is 4.90 Å². The van der Waals surface area contributed by atoms with E-state index >= 15 is 0 Å². The topological polar surface area (TPSA) is 49.8 Å². The van der Waals surface area contributed by atoms with Crippen molar-refractivity contribution in [3.63, 3.8) is 0 Å². The lowest BCUT2D eigenvalue weighted by molar-refractivity contribution is -0.169. The summed E-state index contributed by atoms with van der Waals surface area (Å²) in [5.74, 6) is 1.55. The molecule has 0 amide bonds. The smallest absolute Gasteiger partial charge is 0.329 e. The van der Waals surface area contributed by atoms with Crippen molar-refractivity contribution in [1.29, 1.82) is 0 Å². The van der Waals surface area contributed by atoms with Crippen LogP contribution in [0.3, 0.4) is 0 Å². The van der Waals surface area contributed by atoms with Gasteiger partial charge in [-0.3, -0.25) is 4.90 Å². The van der Waals surface area contributed by atoms with E-state index in [9.17, 15) is 4.79 Å². The minimum atomic E-state index is -0.885. The normalized spacial score (nSPS) is 30.7. The number of likely N-dealkylation sites (tertiary alicyclic amines) is 1. The van der Waals surface area contributed by atoms with Gasteiger partial charge >= 0.3 is 5.97 Å². The molecule has 104 valence electrons. The Morgan fingerprint density at radius 3 is 2.67 bits per heavy atom. The van der Waals surface area contributed by atoms with Crippen molar-refractivity contribution < 1.29 is 14.6 Å². The Morgan fingerprint density at radius 1 is 1.44 bits per heavy atom. The second-order valence-electron chi connectivity index (χ2n) is 6.57. The fraction of sp³-hybridized carbons (Fsp3) is 0.923. The standard InChI is InChI=1S/C13H23NO3S/c1-12(2)4-10(6-18-9-12)14-7-13(3,8-14)17-5-11(15)16/h10H,4-9H2,1-3H3,(H,15,16). The molecule has 2 heterocycles. The van der Waals surface area contributed by atoms with E-state index < -0.39 is 5.97 Å². The molecule has 1 unspecified atom stereocenters. The van der Waals surface area contributed by atoms with Crippen molar-refractivity contribution in [3.05, 3.63) is 0 Å². The van der Waals surface area contributed by atoms with Crippen LogP contribution < -0.4 is 0 Å². The molecule has 0 radical (unpaired) electrons. The summed E-state index contributed by atoms with van der Waals surface area (Å²) in [6.07, 6.45) is 1.23. The maximum atomic E-state index is 10.5. The number of carboxylic acid groups (broad SMARTS) is 1. The van der Waals surface area contributed by atoms with Crippen LogP contribution in [0.25, 0.3) is 0 Å². The lowest BCUT2D eigenvalue weighted by Gasteiger charge is -2.53. The molecular weight excluding hydrogens is 250 g/mol. The molecule has 0 aliphatic carbocycles. The second kappa shape index (κ2) is 5.02. The van der Waals surface area contributed by atoms with Crippen LogP contribution in [-0.2, 0) is 9.53 Å². The first-order chi connectivity index (χ1) is 8.30. The molecule has 4 nitrogen and oxygen atoms in total. The number of hydrogen-bond acceptors (Lipinski definition) is 4.